The minimum absolute atomic E-state index is 0.245. The lowest BCUT2D eigenvalue weighted by atomic mass is 9.82. The first kappa shape index (κ1) is 18.5. The van der Waals surface area contributed by atoms with Gasteiger partial charge in [-0.05, 0) is 18.0 Å². The summed E-state index contributed by atoms with van der Waals surface area (Å²) >= 11 is 1.36. The van der Waals surface area contributed by atoms with Gasteiger partial charge in [-0.2, -0.15) is 0 Å². The smallest absolute Gasteiger partial charge is 0.271 e. The Balaban J connectivity index is 2.27. The van der Waals surface area contributed by atoms with Gasteiger partial charge in [0, 0.05) is 23.4 Å². The Morgan fingerprint density at radius 1 is 1.38 bits per heavy atom. The molecule has 1 atom stereocenters. The highest BCUT2D eigenvalue weighted by atomic mass is 32.1. The van der Waals surface area contributed by atoms with Crippen LogP contribution < -0.4 is 11.1 Å². The zero-order valence-electron chi connectivity index (χ0n) is 13.9. The van der Waals surface area contributed by atoms with Gasteiger partial charge in [-0.1, -0.05) is 26.8 Å². The molecule has 24 heavy (non-hydrogen) atoms. The van der Waals surface area contributed by atoms with E-state index in [-0.39, 0.29) is 11.3 Å². The average molecular weight is 353 g/mol. The van der Waals surface area contributed by atoms with Gasteiger partial charge in [-0.3, -0.25) is 4.79 Å². The van der Waals surface area contributed by atoms with E-state index in [1.54, 1.807) is 5.38 Å². The van der Waals surface area contributed by atoms with Crippen molar-refractivity contribution in [2.75, 3.05) is 6.54 Å². The van der Waals surface area contributed by atoms with Crippen LogP contribution in [0.25, 0.3) is 0 Å². The molecular weight excluding hydrogens is 332 g/mol. The van der Waals surface area contributed by atoms with Crippen molar-refractivity contribution in [1.82, 2.24) is 10.3 Å². The molecule has 1 aromatic heterocycles. The monoisotopic (exact) mass is 353 g/mol. The number of carbonyl (C=O) groups excluding carboxylic acids is 1. The normalized spacial score (nSPS) is 12.9. The van der Waals surface area contributed by atoms with Crippen LogP contribution in [0.5, 0.6) is 0 Å². The van der Waals surface area contributed by atoms with Gasteiger partial charge in [0.25, 0.3) is 5.91 Å². The maximum atomic E-state index is 14.2. The van der Waals surface area contributed by atoms with Crippen LogP contribution in [0.4, 0.5) is 8.78 Å². The molecular formula is C17H21F2N3OS. The number of rotatable bonds is 5. The summed E-state index contributed by atoms with van der Waals surface area (Å²) in [5.74, 6) is -1.73. The van der Waals surface area contributed by atoms with Crippen molar-refractivity contribution in [3.63, 3.8) is 0 Å². The zero-order valence-corrected chi connectivity index (χ0v) is 14.7. The molecule has 2 aromatic rings. The van der Waals surface area contributed by atoms with E-state index in [0.29, 0.717) is 13.0 Å². The minimum Gasteiger partial charge on any atom is -0.343 e. The number of aromatic nitrogens is 1. The van der Waals surface area contributed by atoms with Gasteiger partial charge < -0.3 is 11.1 Å². The van der Waals surface area contributed by atoms with Crippen molar-refractivity contribution in [2.24, 2.45) is 11.1 Å². The topological polar surface area (TPSA) is 68.0 Å². The van der Waals surface area contributed by atoms with Gasteiger partial charge >= 0.3 is 0 Å². The molecule has 2 rings (SSSR count). The molecule has 1 aromatic carbocycles. The number of nitrogens with zero attached hydrogens (tertiary/aromatic N) is 1. The number of hydrogen-bond acceptors (Lipinski definition) is 4. The third-order valence-corrected chi connectivity index (χ3v) is 4.47. The SMILES string of the molecule is CC(C)(C)C(NC(=O)c1csc(CCN)n1)c1ccc(F)cc1F. The van der Waals surface area contributed by atoms with Crippen LogP contribution in [0.3, 0.4) is 0 Å². The number of nitrogens with two attached hydrogens (primary N) is 1. The van der Waals surface area contributed by atoms with Crippen LogP contribution in [0, 0.1) is 17.0 Å². The second-order valence-corrected chi connectivity index (χ2v) is 7.55. The molecule has 130 valence electrons. The lowest BCUT2D eigenvalue weighted by molar-refractivity contribution is 0.0895. The van der Waals surface area contributed by atoms with Crippen molar-refractivity contribution in [3.8, 4) is 0 Å². The Morgan fingerprint density at radius 2 is 2.08 bits per heavy atom. The van der Waals surface area contributed by atoms with E-state index in [2.05, 4.69) is 10.3 Å². The number of thiazole rings is 1. The molecule has 0 aliphatic heterocycles. The zero-order chi connectivity index (χ0) is 17.9. The van der Waals surface area contributed by atoms with Crippen LogP contribution in [0.1, 0.15) is 47.9 Å². The third-order valence-electron chi connectivity index (χ3n) is 3.56. The molecule has 0 aliphatic rings. The van der Waals surface area contributed by atoms with Crippen LogP contribution in [-0.4, -0.2) is 17.4 Å². The van der Waals surface area contributed by atoms with Crippen molar-refractivity contribution in [2.45, 2.75) is 33.2 Å². The Bertz CT molecular complexity index is 725. The molecule has 3 N–H and O–H groups in total. The summed E-state index contributed by atoms with van der Waals surface area (Å²) in [6.45, 7) is 6.09. The van der Waals surface area contributed by atoms with E-state index in [4.69, 9.17) is 5.73 Å². The summed E-state index contributed by atoms with van der Waals surface area (Å²) in [6, 6.07) is 2.75. The Kier molecular flexibility index (Phi) is 5.66. The Hall–Kier alpha value is -1.86. The van der Waals surface area contributed by atoms with Crippen molar-refractivity contribution in [1.29, 1.82) is 0 Å². The number of halogens is 2. The predicted molar refractivity (Wildman–Crippen MR) is 90.9 cm³/mol. The molecule has 0 aliphatic carbocycles. The molecule has 0 fully saturated rings. The largest absolute Gasteiger partial charge is 0.343 e. The number of amides is 1. The molecule has 0 bridgehead atoms. The first-order chi connectivity index (χ1) is 11.2. The van der Waals surface area contributed by atoms with Crippen molar-refractivity contribution >= 4 is 17.2 Å². The fourth-order valence-corrected chi connectivity index (χ4v) is 3.15. The van der Waals surface area contributed by atoms with E-state index in [1.807, 2.05) is 20.8 Å². The molecule has 0 spiro atoms. The summed E-state index contributed by atoms with van der Waals surface area (Å²) in [7, 11) is 0. The number of hydrogen-bond donors (Lipinski definition) is 2. The first-order valence-corrected chi connectivity index (χ1v) is 8.50. The number of nitrogens with one attached hydrogen (secondary N) is 1. The lowest BCUT2D eigenvalue weighted by Gasteiger charge is -2.32. The minimum atomic E-state index is -0.683. The molecule has 0 radical (unpaired) electrons. The van der Waals surface area contributed by atoms with Gasteiger partial charge in [-0.25, -0.2) is 13.8 Å². The number of benzene rings is 1. The van der Waals surface area contributed by atoms with Crippen LogP contribution in [0.2, 0.25) is 0 Å². The average Bonchev–Trinajstić information content (AvgIpc) is 2.93. The fraction of sp³-hybridized carbons (Fsp3) is 0.412. The highest BCUT2D eigenvalue weighted by Crippen LogP contribution is 2.34. The summed E-state index contributed by atoms with van der Waals surface area (Å²) in [6.07, 6.45) is 0.604. The van der Waals surface area contributed by atoms with Crippen LogP contribution >= 0.6 is 11.3 Å². The summed E-state index contributed by atoms with van der Waals surface area (Å²) in [5, 5.41) is 5.25. The predicted octanol–water partition coefficient (Wildman–Crippen LogP) is 3.44. The van der Waals surface area contributed by atoms with Crippen LogP contribution in [0.15, 0.2) is 23.6 Å². The van der Waals surface area contributed by atoms with E-state index >= 15 is 0 Å². The van der Waals surface area contributed by atoms with Crippen LogP contribution in [-0.2, 0) is 6.42 Å². The first-order valence-electron chi connectivity index (χ1n) is 7.62. The summed E-state index contributed by atoms with van der Waals surface area (Å²) in [4.78, 5) is 16.7. The number of carbonyl (C=O) groups is 1. The van der Waals surface area contributed by atoms with E-state index in [9.17, 15) is 13.6 Å². The molecule has 1 amide bonds. The molecule has 4 nitrogen and oxygen atoms in total. The standard InChI is InChI=1S/C17H21F2N3OS/c1-17(2,3)15(11-5-4-10(18)8-12(11)19)22-16(23)13-9-24-14(21-13)6-7-20/h4-5,8-9,15H,6-7,20H2,1-3H3,(H,22,23). The van der Waals surface area contributed by atoms with Crippen molar-refractivity contribution in [3.05, 3.63) is 51.5 Å². The van der Waals surface area contributed by atoms with Gasteiger partial charge in [-0.15, -0.1) is 11.3 Å². The lowest BCUT2D eigenvalue weighted by Crippen LogP contribution is -2.37. The second kappa shape index (κ2) is 7.36. The van der Waals surface area contributed by atoms with E-state index < -0.39 is 29.0 Å². The molecule has 1 unspecified atom stereocenters. The maximum absolute atomic E-state index is 14.2. The quantitative estimate of drug-likeness (QED) is 0.865. The molecule has 7 heteroatoms. The van der Waals surface area contributed by atoms with Gasteiger partial charge in [0.2, 0.25) is 0 Å². The van der Waals surface area contributed by atoms with Gasteiger partial charge in [0.15, 0.2) is 0 Å². The molecule has 0 saturated carbocycles. The van der Waals surface area contributed by atoms with Gasteiger partial charge in [0.05, 0.1) is 11.0 Å². The molecule has 1 heterocycles. The van der Waals surface area contributed by atoms with Gasteiger partial charge in [0.1, 0.15) is 17.3 Å². The maximum Gasteiger partial charge on any atom is 0.271 e. The fourth-order valence-electron chi connectivity index (χ4n) is 2.35. The second-order valence-electron chi connectivity index (χ2n) is 6.60. The highest BCUT2D eigenvalue weighted by Gasteiger charge is 2.31. The van der Waals surface area contributed by atoms with E-state index in [1.165, 1.54) is 23.5 Å². The summed E-state index contributed by atoms with van der Waals surface area (Å²) < 4.78 is 27.3. The third kappa shape index (κ3) is 4.36. The Labute approximate surface area is 144 Å². The van der Waals surface area contributed by atoms with Crippen molar-refractivity contribution < 1.29 is 13.6 Å². The summed E-state index contributed by atoms with van der Waals surface area (Å²) in [5.41, 5.74) is 5.54. The molecule has 0 saturated heterocycles. The van der Waals surface area contributed by atoms with E-state index in [0.717, 1.165) is 11.1 Å². The highest BCUT2D eigenvalue weighted by molar-refractivity contribution is 7.09. The Morgan fingerprint density at radius 3 is 2.67 bits per heavy atom.